The zero-order valence-corrected chi connectivity index (χ0v) is 42.0. The summed E-state index contributed by atoms with van der Waals surface area (Å²) in [6, 6.07) is 90.9. The highest BCUT2D eigenvalue weighted by Gasteiger charge is 2.37. The molecule has 76 heavy (non-hydrogen) atoms. The van der Waals surface area contributed by atoms with E-state index < -0.39 is 0 Å². The Hall–Kier alpha value is -9.63. The molecule has 0 saturated carbocycles. The number of rotatable bonds is 5. The van der Waals surface area contributed by atoms with Crippen molar-refractivity contribution in [1.29, 1.82) is 0 Å². The van der Waals surface area contributed by atoms with Crippen molar-refractivity contribution >= 4 is 54.1 Å². The van der Waals surface area contributed by atoms with E-state index in [2.05, 4.69) is 261 Å². The highest BCUT2D eigenvalue weighted by Crippen LogP contribution is 2.58. The van der Waals surface area contributed by atoms with Crippen LogP contribution in [0.15, 0.2) is 243 Å². The molecule has 0 N–H and O–H groups in total. The summed E-state index contributed by atoms with van der Waals surface area (Å²) >= 11 is 0. The largest absolute Gasteiger partial charge is 0.292 e. The first-order chi connectivity index (χ1) is 37.5. The maximum absolute atomic E-state index is 5.25. The highest BCUT2D eigenvalue weighted by molar-refractivity contribution is 6.29. The van der Waals surface area contributed by atoms with Gasteiger partial charge in [-0.15, -0.1) is 0 Å². The molecule has 0 fully saturated rings. The minimum Gasteiger partial charge on any atom is -0.292 e. The van der Waals surface area contributed by atoms with Gasteiger partial charge in [0.05, 0.1) is 11.0 Å². The zero-order chi connectivity index (χ0) is 50.0. The Morgan fingerprint density at radius 3 is 1.41 bits per heavy atom. The van der Waals surface area contributed by atoms with E-state index in [1.807, 2.05) is 0 Å². The van der Waals surface area contributed by atoms with E-state index in [-0.39, 0.29) is 5.41 Å². The number of aromatic nitrogens is 2. The minimum atomic E-state index is -0.297. The van der Waals surface area contributed by atoms with Gasteiger partial charge in [0.15, 0.2) is 0 Å². The van der Waals surface area contributed by atoms with Crippen LogP contribution in [0.2, 0.25) is 0 Å². The minimum absolute atomic E-state index is 0.297. The Morgan fingerprint density at radius 2 is 0.763 bits per heavy atom. The van der Waals surface area contributed by atoms with E-state index in [0.29, 0.717) is 0 Å². The maximum atomic E-state index is 5.25. The lowest BCUT2D eigenvalue weighted by molar-refractivity contribution is 0.661. The van der Waals surface area contributed by atoms with Crippen molar-refractivity contribution in [2.24, 2.45) is 0 Å². The molecular weight excluding hydrogens is 917 g/mol. The molecule has 0 bridgehead atoms. The van der Waals surface area contributed by atoms with Gasteiger partial charge >= 0.3 is 0 Å². The molecule has 0 atom stereocenters. The molecule has 0 spiro atoms. The predicted octanol–water partition coefficient (Wildman–Crippen LogP) is 19.9. The first-order valence-electron chi connectivity index (χ1n) is 26.6. The van der Waals surface area contributed by atoms with Gasteiger partial charge < -0.3 is 0 Å². The summed E-state index contributed by atoms with van der Waals surface area (Å²) in [7, 11) is 0. The third-order valence-corrected chi connectivity index (χ3v) is 17.5. The number of hydrogen-bond acceptors (Lipinski definition) is 1. The smallest absolute Gasteiger partial charge is 0.145 e. The number of imidazole rings is 1. The van der Waals surface area contributed by atoms with Crippen LogP contribution < -0.4 is 0 Å². The average molecular weight is 963 g/mol. The summed E-state index contributed by atoms with van der Waals surface area (Å²) in [5.74, 6) is 0.934. The van der Waals surface area contributed by atoms with E-state index in [1.165, 1.54) is 143 Å². The van der Waals surface area contributed by atoms with E-state index in [0.717, 1.165) is 28.1 Å². The molecule has 0 radical (unpaired) electrons. The van der Waals surface area contributed by atoms with Crippen molar-refractivity contribution in [3.8, 4) is 106 Å². The average Bonchev–Trinajstić information content (AvgIpc) is 4.27. The number of fused-ring (bicyclic) bond motifs is 12. The quantitative estimate of drug-likeness (QED) is 0.157. The second-order valence-electron chi connectivity index (χ2n) is 21.7. The lowest BCUT2D eigenvalue weighted by Gasteiger charge is -2.25. The van der Waals surface area contributed by atoms with Gasteiger partial charge in [0.25, 0.3) is 0 Å². The molecule has 352 valence electrons. The molecule has 0 amide bonds. The Labute approximate surface area is 440 Å². The lowest BCUT2D eigenvalue weighted by Crippen LogP contribution is -2.15. The van der Waals surface area contributed by atoms with E-state index >= 15 is 0 Å². The van der Waals surface area contributed by atoms with Crippen LogP contribution in [0.1, 0.15) is 25.0 Å². The molecule has 2 nitrogen and oxygen atoms in total. The van der Waals surface area contributed by atoms with Crippen LogP contribution in [-0.2, 0) is 5.41 Å². The van der Waals surface area contributed by atoms with E-state index in [9.17, 15) is 0 Å². The molecule has 0 unspecified atom stereocenters. The molecule has 1 aromatic heterocycles. The third kappa shape index (κ3) is 5.57. The highest BCUT2D eigenvalue weighted by atomic mass is 15.1. The van der Waals surface area contributed by atoms with Gasteiger partial charge in [-0.05, 0) is 192 Å². The van der Waals surface area contributed by atoms with Crippen LogP contribution in [-0.4, -0.2) is 9.55 Å². The summed E-state index contributed by atoms with van der Waals surface area (Å²) in [5, 5.41) is 10.4. The topological polar surface area (TPSA) is 17.8 Å². The van der Waals surface area contributed by atoms with Crippen molar-refractivity contribution in [3.05, 3.63) is 254 Å². The molecule has 3 aliphatic rings. The van der Waals surface area contributed by atoms with Gasteiger partial charge in [0.1, 0.15) is 5.82 Å². The lowest BCUT2D eigenvalue weighted by atomic mass is 9.78. The monoisotopic (exact) mass is 962 g/mol. The van der Waals surface area contributed by atoms with Crippen LogP contribution in [0.25, 0.3) is 160 Å². The second-order valence-corrected chi connectivity index (χ2v) is 21.7. The molecule has 1 heterocycles. The molecule has 13 aromatic carbocycles. The molecule has 3 aliphatic carbocycles. The Morgan fingerprint density at radius 1 is 0.303 bits per heavy atom. The first kappa shape index (κ1) is 41.8. The van der Waals surface area contributed by atoms with Crippen LogP contribution in [0.4, 0.5) is 0 Å². The normalized spacial score (nSPS) is 13.2. The summed E-state index contributed by atoms with van der Waals surface area (Å²) in [6.07, 6.45) is 0. The van der Waals surface area contributed by atoms with E-state index in [1.54, 1.807) is 0 Å². The Bertz CT molecular complexity index is 4840. The summed E-state index contributed by atoms with van der Waals surface area (Å²) < 4.78 is 2.29. The Kier molecular flexibility index (Phi) is 8.38. The maximum Gasteiger partial charge on any atom is 0.145 e. The van der Waals surface area contributed by atoms with Crippen LogP contribution in [0, 0.1) is 0 Å². The van der Waals surface area contributed by atoms with Crippen molar-refractivity contribution < 1.29 is 0 Å². The van der Waals surface area contributed by atoms with Gasteiger partial charge in [0.2, 0.25) is 0 Å². The first-order valence-corrected chi connectivity index (χ1v) is 26.6. The third-order valence-electron chi connectivity index (χ3n) is 17.5. The molecule has 0 saturated heterocycles. The van der Waals surface area contributed by atoms with Gasteiger partial charge in [-0.2, -0.15) is 0 Å². The van der Waals surface area contributed by atoms with Crippen molar-refractivity contribution in [1.82, 2.24) is 9.55 Å². The standard InChI is InChI=1S/C74H46N2/c1-74(2)65-40-44(43-17-14-18-45(39-43)73-75-67-31-12-13-32-68(67)76(73)46-19-4-3-5-20-46)33-34-51(65)62-41-63-64(42-66(62)74)72(61-38-36-59-50-24-9-7-22-48(50)53-28-16-30-57(61)70(53)59)55-26-11-10-25-54(55)71(63)60-37-35-58-49-23-8-6-21-47(49)52-27-15-29-56(60)69(52)58/h3-42H,1-2H3. The SMILES string of the molecule is CC1(C)c2cc(-c3cccc(-c4nc5ccccc5n4-c4ccccc4)c3)ccc2-c2cc3c(-c4ccc5c6c(cccc46)-c4ccccc4-5)c4ccccc4c(-c4ccc5c6c(cccc46)-c4ccccc4-5)c3cc21. The second kappa shape index (κ2) is 15.2. The predicted molar refractivity (Wildman–Crippen MR) is 319 cm³/mol. The van der Waals surface area contributed by atoms with Crippen LogP contribution in [0.5, 0.6) is 0 Å². The summed E-state index contributed by atoms with van der Waals surface area (Å²) in [5.41, 5.74) is 27.3. The summed E-state index contributed by atoms with van der Waals surface area (Å²) in [4.78, 5) is 5.25. The van der Waals surface area contributed by atoms with Crippen LogP contribution in [0.3, 0.4) is 0 Å². The molecular formula is C74H46N2. The fourth-order valence-corrected chi connectivity index (χ4v) is 14.1. The molecule has 17 rings (SSSR count). The zero-order valence-electron chi connectivity index (χ0n) is 42.0. The fraction of sp³-hybridized carbons (Fsp3) is 0.0405. The van der Waals surface area contributed by atoms with E-state index in [4.69, 9.17) is 4.98 Å². The van der Waals surface area contributed by atoms with Gasteiger partial charge in [-0.1, -0.05) is 208 Å². The number of hydrogen-bond donors (Lipinski definition) is 0. The number of benzene rings is 13. The molecule has 2 heteroatoms. The Balaban J connectivity index is 0.908. The number of nitrogens with zero attached hydrogens (tertiary/aromatic N) is 2. The van der Waals surface area contributed by atoms with Crippen molar-refractivity contribution in [3.63, 3.8) is 0 Å². The molecule has 14 aromatic rings. The van der Waals surface area contributed by atoms with Crippen LogP contribution >= 0.6 is 0 Å². The summed E-state index contributed by atoms with van der Waals surface area (Å²) in [6.45, 7) is 4.87. The molecule has 0 aliphatic heterocycles. The van der Waals surface area contributed by atoms with Crippen molar-refractivity contribution in [2.45, 2.75) is 19.3 Å². The van der Waals surface area contributed by atoms with Gasteiger partial charge in [-0.25, -0.2) is 4.98 Å². The van der Waals surface area contributed by atoms with Crippen molar-refractivity contribution in [2.75, 3.05) is 0 Å². The van der Waals surface area contributed by atoms with Gasteiger partial charge in [0, 0.05) is 16.7 Å². The number of para-hydroxylation sites is 3. The fourth-order valence-electron chi connectivity index (χ4n) is 14.1. The van der Waals surface area contributed by atoms with Gasteiger partial charge in [-0.3, -0.25) is 4.57 Å².